The number of rotatable bonds is 6. The van der Waals surface area contributed by atoms with Crippen LogP contribution in [0.2, 0.25) is 0 Å². The normalized spacial score (nSPS) is 15.4. The van der Waals surface area contributed by atoms with E-state index in [0.29, 0.717) is 43.2 Å². The van der Waals surface area contributed by atoms with Crippen molar-refractivity contribution in [1.29, 1.82) is 0 Å². The first kappa shape index (κ1) is 20.4. The van der Waals surface area contributed by atoms with Gasteiger partial charge >= 0.3 is 0 Å². The lowest BCUT2D eigenvalue weighted by Gasteiger charge is -2.34. The van der Waals surface area contributed by atoms with Gasteiger partial charge in [0, 0.05) is 31.7 Å². The van der Waals surface area contributed by atoms with E-state index >= 15 is 0 Å². The summed E-state index contributed by atoms with van der Waals surface area (Å²) in [4.78, 5) is 14.7. The van der Waals surface area contributed by atoms with E-state index in [-0.39, 0.29) is 5.91 Å². The summed E-state index contributed by atoms with van der Waals surface area (Å²) < 4.78 is 32.5. The van der Waals surface area contributed by atoms with Gasteiger partial charge in [-0.05, 0) is 49.7 Å². The van der Waals surface area contributed by atoms with E-state index in [1.54, 1.807) is 53.4 Å². The molecule has 1 amide bonds. The summed E-state index contributed by atoms with van der Waals surface area (Å²) in [5.41, 5.74) is 1.60. The van der Waals surface area contributed by atoms with Crippen LogP contribution in [0.3, 0.4) is 0 Å². The van der Waals surface area contributed by atoms with Crippen LogP contribution in [-0.2, 0) is 10.0 Å². The molecule has 1 heterocycles. The van der Waals surface area contributed by atoms with E-state index in [1.165, 1.54) is 4.31 Å². The monoisotopic (exact) mass is 402 g/mol. The molecule has 0 aliphatic carbocycles. The van der Waals surface area contributed by atoms with E-state index in [1.807, 2.05) is 13.8 Å². The van der Waals surface area contributed by atoms with Gasteiger partial charge in [-0.3, -0.25) is 4.79 Å². The third-order valence-electron chi connectivity index (χ3n) is 4.76. The fourth-order valence-electron chi connectivity index (χ4n) is 3.09. The number of carbonyl (C=O) groups is 1. The van der Waals surface area contributed by atoms with Crippen LogP contribution >= 0.6 is 0 Å². The molecular weight excluding hydrogens is 376 g/mol. The minimum absolute atomic E-state index is 0.0885. The molecule has 0 spiro atoms. The van der Waals surface area contributed by atoms with Crippen molar-refractivity contribution in [1.82, 2.24) is 9.21 Å². The molecule has 2 aromatic rings. The first-order valence-corrected chi connectivity index (χ1v) is 10.9. The lowest BCUT2D eigenvalue weighted by atomic mass is 10.2. The maximum Gasteiger partial charge on any atom is 0.253 e. The SMILES string of the molecule is CCCOc1ccc(C(=O)N2CCN(S(=O)(=O)c3ccc(C)cc3)CC2)cc1. The summed E-state index contributed by atoms with van der Waals surface area (Å²) >= 11 is 0. The standard InChI is InChI=1S/C21H26N2O4S/c1-3-16-27-19-8-6-18(7-9-19)21(24)22-12-14-23(15-13-22)28(25,26)20-10-4-17(2)5-11-20/h4-11H,3,12-16H2,1-2H3. The number of aryl methyl sites for hydroxylation is 1. The lowest BCUT2D eigenvalue weighted by molar-refractivity contribution is 0.0698. The van der Waals surface area contributed by atoms with Crippen molar-refractivity contribution in [2.75, 3.05) is 32.8 Å². The quantitative estimate of drug-likeness (QED) is 0.745. The first-order chi connectivity index (χ1) is 13.4. The summed E-state index contributed by atoms with van der Waals surface area (Å²) in [7, 11) is -3.53. The molecule has 0 bridgehead atoms. The van der Waals surface area contributed by atoms with Crippen molar-refractivity contribution in [3.8, 4) is 5.75 Å². The number of hydrogen-bond acceptors (Lipinski definition) is 4. The van der Waals surface area contributed by atoms with E-state index in [0.717, 1.165) is 17.7 Å². The van der Waals surface area contributed by atoms with Gasteiger partial charge in [-0.1, -0.05) is 24.6 Å². The Kier molecular flexibility index (Phi) is 6.36. The largest absolute Gasteiger partial charge is 0.494 e. The molecule has 0 N–H and O–H groups in total. The van der Waals surface area contributed by atoms with Crippen molar-refractivity contribution in [3.63, 3.8) is 0 Å². The van der Waals surface area contributed by atoms with Crippen LogP contribution in [-0.4, -0.2) is 56.3 Å². The minimum Gasteiger partial charge on any atom is -0.494 e. The third kappa shape index (κ3) is 4.54. The lowest BCUT2D eigenvalue weighted by Crippen LogP contribution is -2.50. The molecule has 0 saturated carbocycles. The fourth-order valence-corrected chi connectivity index (χ4v) is 4.51. The van der Waals surface area contributed by atoms with Gasteiger partial charge in [0.25, 0.3) is 5.91 Å². The van der Waals surface area contributed by atoms with Crippen LogP contribution in [0.25, 0.3) is 0 Å². The number of amides is 1. The molecule has 0 aromatic heterocycles. The van der Waals surface area contributed by atoms with Gasteiger partial charge in [-0.2, -0.15) is 4.31 Å². The Morgan fingerprint density at radius 3 is 2.14 bits per heavy atom. The second-order valence-corrected chi connectivity index (χ2v) is 8.82. The number of benzene rings is 2. The molecule has 0 atom stereocenters. The maximum atomic E-state index is 12.8. The van der Waals surface area contributed by atoms with Gasteiger partial charge in [0.2, 0.25) is 10.0 Å². The van der Waals surface area contributed by atoms with E-state index < -0.39 is 10.0 Å². The number of sulfonamides is 1. The summed E-state index contributed by atoms with van der Waals surface area (Å²) in [6.07, 6.45) is 0.927. The van der Waals surface area contributed by atoms with Crippen molar-refractivity contribution in [3.05, 3.63) is 59.7 Å². The number of hydrogen-bond donors (Lipinski definition) is 0. The van der Waals surface area contributed by atoms with Gasteiger partial charge < -0.3 is 9.64 Å². The van der Waals surface area contributed by atoms with Crippen molar-refractivity contribution in [2.45, 2.75) is 25.2 Å². The summed E-state index contributed by atoms with van der Waals surface area (Å²) in [5, 5.41) is 0. The first-order valence-electron chi connectivity index (χ1n) is 9.51. The highest BCUT2D eigenvalue weighted by Gasteiger charge is 2.30. The number of ether oxygens (including phenoxy) is 1. The zero-order valence-electron chi connectivity index (χ0n) is 16.3. The Bertz CT molecular complexity index is 900. The van der Waals surface area contributed by atoms with Gasteiger partial charge in [0.15, 0.2) is 0 Å². The van der Waals surface area contributed by atoms with Crippen molar-refractivity contribution in [2.24, 2.45) is 0 Å². The molecule has 1 aliphatic rings. The molecular formula is C21H26N2O4S. The van der Waals surface area contributed by atoms with E-state index in [9.17, 15) is 13.2 Å². The minimum atomic E-state index is -3.53. The smallest absolute Gasteiger partial charge is 0.253 e. The van der Waals surface area contributed by atoms with Crippen LogP contribution in [0, 0.1) is 6.92 Å². The Morgan fingerprint density at radius 1 is 0.964 bits per heavy atom. The number of carbonyl (C=O) groups excluding carboxylic acids is 1. The molecule has 6 nitrogen and oxygen atoms in total. The highest BCUT2D eigenvalue weighted by molar-refractivity contribution is 7.89. The average Bonchev–Trinajstić information content (AvgIpc) is 2.72. The molecule has 0 unspecified atom stereocenters. The zero-order chi connectivity index (χ0) is 20.1. The summed E-state index contributed by atoms with van der Waals surface area (Å²) in [6, 6.07) is 13.9. The summed E-state index contributed by atoms with van der Waals surface area (Å²) in [5.74, 6) is 0.654. The molecule has 1 fully saturated rings. The van der Waals surface area contributed by atoms with Crippen molar-refractivity contribution < 1.29 is 17.9 Å². The van der Waals surface area contributed by atoms with Gasteiger partial charge in [0.05, 0.1) is 11.5 Å². The van der Waals surface area contributed by atoms with Crippen LogP contribution in [0.1, 0.15) is 29.3 Å². The van der Waals surface area contributed by atoms with E-state index in [2.05, 4.69) is 0 Å². The topological polar surface area (TPSA) is 66.9 Å². The fraction of sp³-hybridized carbons (Fsp3) is 0.381. The Hall–Kier alpha value is -2.38. The molecule has 0 radical (unpaired) electrons. The highest BCUT2D eigenvalue weighted by Crippen LogP contribution is 2.20. The molecule has 28 heavy (non-hydrogen) atoms. The number of nitrogens with zero attached hydrogens (tertiary/aromatic N) is 2. The van der Waals surface area contributed by atoms with Crippen molar-refractivity contribution >= 4 is 15.9 Å². The molecule has 150 valence electrons. The Labute approximate surface area is 166 Å². The average molecular weight is 403 g/mol. The highest BCUT2D eigenvalue weighted by atomic mass is 32.2. The van der Waals surface area contributed by atoms with Gasteiger partial charge in [-0.25, -0.2) is 8.42 Å². The zero-order valence-corrected chi connectivity index (χ0v) is 17.1. The second-order valence-electron chi connectivity index (χ2n) is 6.88. The van der Waals surface area contributed by atoms with E-state index in [4.69, 9.17) is 4.74 Å². The molecule has 2 aromatic carbocycles. The van der Waals surface area contributed by atoms with Gasteiger partial charge in [0.1, 0.15) is 5.75 Å². The van der Waals surface area contributed by atoms with Crippen LogP contribution < -0.4 is 4.74 Å². The Morgan fingerprint density at radius 2 is 1.57 bits per heavy atom. The molecule has 3 rings (SSSR count). The predicted molar refractivity (Wildman–Crippen MR) is 108 cm³/mol. The molecule has 7 heteroatoms. The second kappa shape index (κ2) is 8.75. The van der Waals surface area contributed by atoms with Crippen LogP contribution in [0.15, 0.2) is 53.4 Å². The Balaban J connectivity index is 1.61. The third-order valence-corrected chi connectivity index (χ3v) is 6.67. The van der Waals surface area contributed by atoms with Crippen LogP contribution in [0.4, 0.5) is 0 Å². The number of piperazine rings is 1. The maximum absolute atomic E-state index is 12.8. The van der Waals surface area contributed by atoms with Gasteiger partial charge in [-0.15, -0.1) is 0 Å². The molecule has 1 saturated heterocycles. The van der Waals surface area contributed by atoms with Crippen LogP contribution in [0.5, 0.6) is 5.75 Å². The summed E-state index contributed by atoms with van der Waals surface area (Å²) in [6.45, 7) is 5.93. The predicted octanol–water partition coefficient (Wildman–Crippen LogP) is 2.93. The molecule has 1 aliphatic heterocycles.